The molecule has 1 aliphatic rings. The van der Waals surface area contributed by atoms with E-state index in [4.69, 9.17) is 4.74 Å². The summed E-state index contributed by atoms with van der Waals surface area (Å²) in [5.74, 6) is -0.936. The van der Waals surface area contributed by atoms with Gasteiger partial charge in [0.25, 0.3) is 0 Å². The highest BCUT2D eigenvalue weighted by Crippen LogP contribution is 2.44. The van der Waals surface area contributed by atoms with Gasteiger partial charge in [0.2, 0.25) is 5.91 Å². The normalized spacial score (nSPS) is 14.1. The van der Waals surface area contributed by atoms with E-state index in [0.29, 0.717) is 12.2 Å². The van der Waals surface area contributed by atoms with Crippen molar-refractivity contribution in [2.45, 2.75) is 44.7 Å². The van der Waals surface area contributed by atoms with Crippen LogP contribution in [0.25, 0.3) is 11.1 Å². The molecule has 2 aromatic rings. The first-order valence-electron chi connectivity index (χ1n) is 11.4. The van der Waals surface area contributed by atoms with Gasteiger partial charge in [-0.3, -0.25) is 4.79 Å². The van der Waals surface area contributed by atoms with Crippen LogP contribution >= 0.6 is 11.8 Å². The summed E-state index contributed by atoms with van der Waals surface area (Å²) < 4.78 is 5.60. The number of benzene rings is 2. The van der Waals surface area contributed by atoms with Gasteiger partial charge in [-0.25, -0.2) is 9.59 Å². The summed E-state index contributed by atoms with van der Waals surface area (Å²) in [6.07, 6.45) is 1.61. The molecule has 2 atom stereocenters. The van der Waals surface area contributed by atoms with E-state index in [1.807, 2.05) is 44.4 Å². The molecular weight excluding hydrogens is 452 g/mol. The zero-order valence-corrected chi connectivity index (χ0v) is 20.6. The molecule has 3 N–H and O–H groups in total. The van der Waals surface area contributed by atoms with Crippen molar-refractivity contribution in [2.75, 3.05) is 18.6 Å². The summed E-state index contributed by atoms with van der Waals surface area (Å²) in [6.45, 7) is 3.97. The minimum atomic E-state index is -1.06. The number of rotatable bonds is 11. The number of amides is 2. The first kappa shape index (κ1) is 25.6. The fourth-order valence-electron chi connectivity index (χ4n) is 4.19. The summed E-state index contributed by atoms with van der Waals surface area (Å²) in [5, 5.41) is 14.7. The van der Waals surface area contributed by atoms with Gasteiger partial charge in [-0.05, 0) is 46.6 Å². The Morgan fingerprint density at radius 3 is 2.12 bits per heavy atom. The number of fused-ring (bicyclic) bond motifs is 3. The van der Waals surface area contributed by atoms with Crippen molar-refractivity contribution < 1.29 is 24.2 Å². The summed E-state index contributed by atoms with van der Waals surface area (Å²) in [7, 11) is 0. The monoisotopic (exact) mass is 484 g/mol. The van der Waals surface area contributed by atoms with E-state index in [9.17, 15) is 19.5 Å². The van der Waals surface area contributed by atoms with Gasteiger partial charge in [-0.15, -0.1) is 0 Å². The molecule has 1 aliphatic carbocycles. The van der Waals surface area contributed by atoms with Crippen LogP contribution in [0.3, 0.4) is 0 Å². The SMILES string of the molecule is CSCCC(NC(=O)CC(NC(=O)OCC1c2ccccc2-c2ccccc21)C(C)C)C(=O)O. The van der Waals surface area contributed by atoms with E-state index >= 15 is 0 Å². The number of hydrogen-bond donors (Lipinski definition) is 3. The molecule has 0 fully saturated rings. The molecule has 2 amide bonds. The summed E-state index contributed by atoms with van der Waals surface area (Å²) in [4.78, 5) is 36.5. The van der Waals surface area contributed by atoms with E-state index in [0.717, 1.165) is 22.3 Å². The van der Waals surface area contributed by atoms with Gasteiger partial charge in [0.05, 0.1) is 0 Å². The number of carboxylic acids is 1. The van der Waals surface area contributed by atoms with Gasteiger partial charge in [0.15, 0.2) is 0 Å². The number of aliphatic carboxylic acids is 1. The van der Waals surface area contributed by atoms with Crippen molar-refractivity contribution in [1.29, 1.82) is 0 Å². The molecule has 0 heterocycles. The second-order valence-electron chi connectivity index (χ2n) is 8.76. The van der Waals surface area contributed by atoms with E-state index in [-0.39, 0.29) is 24.9 Å². The van der Waals surface area contributed by atoms with Gasteiger partial charge >= 0.3 is 12.1 Å². The van der Waals surface area contributed by atoms with Crippen LogP contribution in [0.2, 0.25) is 0 Å². The maximum atomic E-state index is 12.6. The molecule has 34 heavy (non-hydrogen) atoms. The van der Waals surface area contributed by atoms with Crippen LogP contribution in [0.5, 0.6) is 0 Å². The number of carbonyl (C=O) groups is 3. The number of alkyl carbamates (subject to hydrolysis) is 1. The van der Waals surface area contributed by atoms with Crippen molar-refractivity contribution in [3.05, 3.63) is 59.7 Å². The summed E-state index contributed by atoms with van der Waals surface area (Å²) >= 11 is 1.52. The second kappa shape index (κ2) is 11.9. The predicted octanol–water partition coefficient (Wildman–Crippen LogP) is 4.26. The van der Waals surface area contributed by atoms with Crippen molar-refractivity contribution in [3.8, 4) is 11.1 Å². The second-order valence-corrected chi connectivity index (χ2v) is 9.75. The lowest BCUT2D eigenvalue weighted by Crippen LogP contribution is -2.46. The molecule has 8 heteroatoms. The topological polar surface area (TPSA) is 105 Å². The highest BCUT2D eigenvalue weighted by atomic mass is 32.2. The molecular formula is C26H32N2O5S. The average Bonchev–Trinajstić information content (AvgIpc) is 3.13. The standard InChI is InChI=1S/C26H32N2O5S/c1-16(2)23(14-24(29)27-22(25(30)31)12-13-34-3)28-26(32)33-15-21-19-10-6-4-8-17(19)18-9-5-7-11-20(18)21/h4-11,16,21-23H,12-15H2,1-3H3,(H,27,29)(H,28,32)(H,30,31). The molecule has 0 bridgehead atoms. The van der Waals surface area contributed by atoms with Crippen LogP contribution in [0.4, 0.5) is 4.79 Å². The van der Waals surface area contributed by atoms with Crippen LogP contribution in [-0.2, 0) is 14.3 Å². The average molecular weight is 485 g/mol. The van der Waals surface area contributed by atoms with E-state index < -0.39 is 30.1 Å². The number of ether oxygens (including phenoxy) is 1. The lowest BCUT2D eigenvalue weighted by Gasteiger charge is -2.23. The largest absolute Gasteiger partial charge is 0.480 e. The Morgan fingerprint density at radius 2 is 1.59 bits per heavy atom. The third-order valence-corrected chi connectivity index (χ3v) is 6.74. The quantitative estimate of drug-likeness (QED) is 0.440. The Bertz CT molecular complexity index is 980. The maximum absolute atomic E-state index is 12.6. The third-order valence-electron chi connectivity index (χ3n) is 6.10. The van der Waals surface area contributed by atoms with Gasteiger partial charge in [-0.2, -0.15) is 11.8 Å². The van der Waals surface area contributed by atoms with Crippen molar-refractivity contribution in [1.82, 2.24) is 10.6 Å². The zero-order chi connectivity index (χ0) is 24.7. The predicted molar refractivity (Wildman–Crippen MR) is 134 cm³/mol. The van der Waals surface area contributed by atoms with Gasteiger partial charge in [-0.1, -0.05) is 62.4 Å². The molecule has 2 aromatic carbocycles. The first-order chi connectivity index (χ1) is 16.3. The van der Waals surface area contributed by atoms with Crippen LogP contribution in [0.15, 0.2) is 48.5 Å². The van der Waals surface area contributed by atoms with Crippen LogP contribution in [0.1, 0.15) is 43.7 Å². The number of carboxylic acid groups (broad SMARTS) is 1. The minimum absolute atomic E-state index is 0.0229. The van der Waals surface area contributed by atoms with Gasteiger partial charge in [0, 0.05) is 18.4 Å². The number of nitrogens with one attached hydrogen (secondary N) is 2. The molecule has 0 aliphatic heterocycles. The van der Waals surface area contributed by atoms with Crippen molar-refractivity contribution >= 4 is 29.7 Å². The van der Waals surface area contributed by atoms with E-state index in [1.165, 1.54) is 11.8 Å². The molecule has 7 nitrogen and oxygen atoms in total. The van der Waals surface area contributed by atoms with Crippen LogP contribution < -0.4 is 10.6 Å². The number of hydrogen-bond acceptors (Lipinski definition) is 5. The van der Waals surface area contributed by atoms with Crippen LogP contribution in [-0.4, -0.2) is 53.8 Å². The Morgan fingerprint density at radius 1 is 1.00 bits per heavy atom. The Hall–Kier alpha value is -3.00. The minimum Gasteiger partial charge on any atom is -0.480 e. The van der Waals surface area contributed by atoms with Gasteiger partial charge < -0.3 is 20.5 Å². The number of thioether (sulfide) groups is 1. The van der Waals surface area contributed by atoms with E-state index in [2.05, 4.69) is 34.9 Å². The van der Waals surface area contributed by atoms with Gasteiger partial charge in [0.1, 0.15) is 12.6 Å². The molecule has 0 radical (unpaired) electrons. The van der Waals surface area contributed by atoms with E-state index in [1.54, 1.807) is 0 Å². The maximum Gasteiger partial charge on any atom is 0.407 e. The zero-order valence-electron chi connectivity index (χ0n) is 19.7. The highest BCUT2D eigenvalue weighted by molar-refractivity contribution is 7.98. The molecule has 182 valence electrons. The third kappa shape index (κ3) is 6.32. The Labute approximate surface area is 204 Å². The Kier molecular flexibility index (Phi) is 8.98. The van der Waals surface area contributed by atoms with Crippen LogP contribution in [0, 0.1) is 5.92 Å². The summed E-state index contributed by atoms with van der Waals surface area (Å²) in [6, 6.07) is 14.8. The molecule has 0 saturated heterocycles. The first-order valence-corrected chi connectivity index (χ1v) is 12.8. The molecule has 2 unspecified atom stereocenters. The molecule has 0 aromatic heterocycles. The lowest BCUT2D eigenvalue weighted by atomic mass is 9.98. The lowest BCUT2D eigenvalue weighted by molar-refractivity contribution is -0.142. The van der Waals surface area contributed by atoms with Crippen molar-refractivity contribution in [3.63, 3.8) is 0 Å². The number of carbonyl (C=O) groups excluding carboxylic acids is 2. The fourth-order valence-corrected chi connectivity index (χ4v) is 4.66. The highest BCUT2D eigenvalue weighted by Gasteiger charge is 2.30. The molecule has 0 spiro atoms. The fraction of sp³-hybridized carbons (Fsp3) is 0.423. The van der Waals surface area contributed by atoms with Crippen molar-refractivity contribution in [2.24, 2.45) is 5.92 Å². The molecule has 3 rings (SSSR count). The Balaban J connectivity index is 1.58. The smallest absolute Gasteiger partial charge is 0.407 e. The molecule has 0 saturated carbocycles. The summed E-state index contributed by atoms with van der Waals surface area (Å²) in [5.41, 5.74) is 4.55.